The second-order valence-corrected chi connectivity index (χ2v) is 10.8. The predicted octanol–water partition coefficient (Wildman–Crippen LogP) is 2.52. The van der Waals surface area contributed by atoms with Gasteiger partial charge in [-0.15, -0.1) is 5.10 Å². The van der Waals surface area contributed by atoms with E-state index in [1.165, 1.54) is 31.4 Å². The Hall–Kier alpha value is -3.63. The van der Waals surface area contributed by atoms with Gasteiger partial charge >= 0.3 is 0 Å². The van der Waals surface area contributed by atoms with Gasteiger partial charge in [0.25, 0.3) is 5.91 Å². The molecule has 0 spiro atoms. The normalized spacial score (nSPS) is 27.2. The number of amides is 1. The second-order valence-electron chi connectivity index (χ2n) is 10.8. The number of aliphatic hydroxyl groups is 3. The van der Waals surface area contributed by atoms with Crippen molar-refractivity contribution in [3.8, 4) is 17.0 Å². The van der Waals surface area contributed by atoms with E-state index in [-0.39, 0.29) is 22.7 Å². The number of aliphatic hydroxyl groups excluding tert-OH is 3. The fraction of sp³-hybridized carbons (Fsp3) is 0.483. The minimum Gasteiger partial charge on any atom is -0.497 e. The summed E-state index contributed by atoms with van der Waals surface area (Å²) in [5.41, 5.74) is -0.145. The Morgan fingerprint density at radius 3 is 2.41 bits per heavy atom. The Morgan fingerprint density at radius 2 is 1.77 bits per heavy atom. The van der Waals surface area contributed by atoms with Crippen LogP contribution in [0.1, 0.15) is 31.7 Å². The molecule has 44 heavy (non-hydrogen) atoms. The average molecular weight is 625 g/mol. The molecule has 1 saturated heterocycles. The topological polar surface area (TPSA) is 139 Å². The molecule has 0 bridgehead atoms. The van der Waals surface area contributed by atoms with Crippen molar-refractivity contribution in [1.82, 2.24) is 15.0 Å². The van der Waals surface area contributed by atoms with Gasteiger partial charge in [0, 0.05) is 24.8 Å². The van der Waals surface area contributed by atoms with E-state index in [1.54, 1.807) is 0 Å². The minimum atomic E-state index is -1.66. The minimum absolute atomic E-state index is 0.0846. The number of ether oxygens (including phenoxy) is 3. The van der Waals surface area contributed by atoms with E-state index in [4.69, 9.17) is 14.2 Å². The fourth-order valence-corrected chi connectivity index (χ4v) is 5.93. The lowest BCUT2D eigenvalue weighted by atomic mass is 9.88. The summed E-state index contributed by atoms with van der Waals surface area (Å²) in [4.78, 5) is 15.6. The number of carbonyl (C=O) groups excluding carboxylic acids is 1. The molecule has 0 radical (unpaired) electrons. The largest absolute Gasteiger partial charge is 0.497 e. The SMILES string of the molecule is COc1cc(F)cc(N(C(=O)C2OC(CO)C(O)C(n3cc(-c4cc(F)c(F)c(F)c4)nn3)C2OC)[C@H]2CCCC[C@@H]2O)c1. The zero-order valence-electron chi connectivity index (χ0n) is 23.8. The van der Waals surface area contributed by atoms with Crippen LogP contribution in [0.25, 0.3) is 11.3 Å². The molecule has 1 saturated carbocycles. The van der Waals surface area contributed by atoms with Crippen molar-refractivity contribution in [1.29, 1.82) is 0 Å². The molecule has 5 rings (SSSR count). The summed E-state index contributed by atoms with van der Waals surface area (Å²) in [6.07, 6.45) is -3.21. The lowest BCUT2D eigenvalue weighted by Crippen LogP contribution is -2.63. The summed E-state index contributed by atoms with van der Waals surface area (Å²) in [6.45, 7) is -0.729. The number of benzene rings is 2. The molecule has 5 unspecified atom stereocenters. The van der Waals surface area contributed by atoms with Gasteiger partial charge in [0.05, 0.1) is 37.7 Å². The number of aromatic nitrogens is 3. The number of rotatable bonds is 8. The smallest absolute Gasteiger partial charge is 0.259 e. The maximum absolute atomic E-state index is 14.7. The third kappa shape index (κ3) is 6.02. The van der Waals surface area contributed by atoms with E-state index in [1.807, 2.05) is 0 Å². The lowest BCUT2D eigenvalue weighted by molar-refractivity contribution is -0.211. The molecule has 2 fully saturated rings. The lowest BCUT2D eigenvalue weighted by Gasteiger charge is -2.46. The first kappa shape index (κ1) is 31.8. The highest BCUT2D eigenvalue weighted by Crippen LogP contribution is 2.37. The molecule has 11 nitrogen and oxygen atoms in total. The number of halogens is 4. The van der Waals surface area contributed by atoms with Crippen LogP contribution >= 0.6 is 0 Å². The summed E-state index contributed by atoms with van der Waals surface area (Å²) in [6, 6.07) is 3.13. The third-order valence-corrected chi connectivity index (χ3v) is 8.11. The average Bonchev–Trinajstić information content (AvgIpc) is 3.50. The molecule has 7 atom stereocenters. The van der Waals surface area contributed by atoms with Crippen molar-refractivity contribution < 1.29 is 51.9 Å². The van der Waals surface area contributed by atoms with E-state index in [9.17, 15) is 37.7 Å². The number of nitrogens with zero attached hydrogens (tertiary/aromatic N) is 4. The summed E-state index contributed by atoms with van der Waals surface area (Å²) >= 11 is 0. The van der Waals surface area contributed by atoms with Crippen LogP contribution in [0.4, 0.5) is 23.2 Å². The second kappa shape index (κ2) is 13.2. The first-order valence-corrected chi connectivity index (χ1v) is 14.0. The van der Waals surface area contributed by atoms with E-state index in [2.05, 4.69) is 10.3 Å². The molecule has 3 N–H and O–H groups in total. The van der Waals surface area contributed by atoms with Gasteiger partial charge in [-0.2, -0.15) is 0 Å². The van der Waals surface area contributed by atoms with Gasteiger partial charge < -0.3 is 34.4 Å². The van der Waals surface area contributed by atoms with Crippen LogP contribution in [0.5, 0.6) is 5.75 Å². The highest BCUT2D eigenvalue weighted by molar-refractivity contribution is 5.98. The molecule has 1 aliphatic heterocycles. The molecule has 2 heterocycles. The van der Waals surface area contributed by atoms with Crippen LogP contribution < -0.4 is 9.64 Å². The molecule has 1 amide bonds. The van der Waals surface area contributed by atoms with Crippen molar-refractivity contribution in [2.75, 3.05) is 25.7 Å². The summed E-state index contributed by atoms with van der Waals surface area (Å²) < 4.78 is 73.9. The molecule has 15 heteroatoms. The van der Waals surface area contributed by atoms with E-state index >= 15 is 0 Å². The Labute approximate surface area is 249 Å². The number of hydrogen-bond acceptors (Lipinski definition) is 9. The number of methoxy groups -OCH3 is 2. The van der Waals surface area contributed by atoms with E-state index in [0.717, 1.165) is 35.4 Å². The summed E-state index contributed by atoms with van der Waals surface area (Å²) in [5, 5.41) is 40.1. The highest BCUT2D eigenvalue weighted by Gasteiger charge is 2.52. The monoisotopic (exact) mass is 624 g/mol. The van der Waals surface area contributed by atoms with Gasteiger partial charge in [-0.1, -0.05) is 18.1 Å². The molecule has 2 aliphatic rings. The Bertz CT molecular complexity index is 1470. The maximum Gasteiger partial charge on any atom is 0.259 e. The Kier molecular flexibility index (Phi) is 9.51. The Morgan fingerprint density at radius 1 is 1.07 bits per heavy atom. The van der Waals surface area contributed by atoms with Gasteiger partial charge in [0.1, 0.15) is 41.6 Å². The van der Waals surface area contributed by atoms with Crippen LogP contribution in [-0.2, 0) is 14.3 Å². The quantitative estimate of drug-likeness (QED) is 0.255. The van der Waals surface area contributed by atoms with Gasteiger partial charge in [-0.3, -0.25) is 4.79 Å². The molecular weight excluding hydrogens is 592 g/mol. The zero-order valence-corrected chi connectivity index (χ0v) is 23.8. The van der Waals surface area contributed by atoms with Crippen LogP contribution in [0, 0.1) is 23.3 Å². The van der Waals surface area contributed by atoms with Crippen LogP contribution in [0.15, 0.2) is 36.5 Å². The number of carbonyl (C=O) groups is 1. The van der Waals surface area contributed by atoms with Crippen molar-refractivity contribution in [2.45, 2.75) is 68.3 Å². The fourth-order valence-electron chi connectivity index (χ4n) is 5.93. The van der Waals surface area contributed by atoms with E-state index in [0.29, 0.717) is 19.3 Å². The van der Waals surface area contributed by atoms with Crippen molar-refractivity contribution >= 4 is 11.6 Å². The van der Waals surface area contributed by atoms with Gasteiger partial charge in [0.15, 0.2) is 23.6 Å². The first-order valence-electron chi connectivity index (χ1n) is 14.0. The summed E-state index contributed by atoms with van der Waals surface area (Å²) in [5.74, 6) is -5.87. The number of anilines is 1. The zero-order chi connectivity index (χ0) is 31.7. The highest BCUT2D eigenvalue weighted by atomic mass is 19.2. The van der Waals surface area contributed by atoms with Crippen LogP contribution in [0.3, 0.4) is 0 Å². The Balaban J connectivity index is 1.55. The molecule has 2 aromatic carbocycles. The van der Waals surface area contributed by atoms with Gasteiger partial charge in [0.2, 0.25) is 0 Å². The van der Waals surface area contributed by atoms with Gasteiger partial charge in [-0.05, 0) is 31.0 Å². The van der Waals surface area contributed by atoms with Crippen LogP contribution in [0.2, 0.25) is 0 Å². The van der Waals surface area contributed by atoms with E-state index < -0.39 is 78.4 Å². The first-order chi connectivity index (χ1) is 21.1. The van der Waals surface area contributed by atoms with Crippen molar-refractivity contribution in [3.63, 3.8) is 0 Å². The molecule has 1 aromatic heterocycles. The summed E-state index contributed by atoms with van der Waals surface area (Å²) in [7, 11) is 2.59. The third-order valence-electron chi connectivity index (χ3n) is 8.11. The van der Waals surface area contributed by atoms with Crippen molar-refractivity contribution in [2.24, 2.45) is 0 Å². The van der Waals surface area contributed by atoms with Crippen molar-refractivity contribution in [3.05, 3.63) is 59.8 Å². The molecule has 1 aliphatic carbocycles. The molecule has 3 aromatic rings. The van der Waals surface area contributed by atoms with Crippen LogP contribution in [-0.4, -0.2) is 93.6 Å². The standard InChI is InChI=1S/C29H32F4N4O7/c1-42-17-10-15(30)9-16(11-17)37(21-5-3-4-6-22(21)39)29(41)28-27(43-2)25(26(40)23(13-38)44-28)36-12-20(34-35-36)14-7-18(31)24(33)19(32)8-14/h7-12,21-23,25-28,38-40H,3-6,13H2,1-2H3/t21-,22-,23?,25?,26?,27?,28?/m0/s1. The maximum atomic E-state index is 14.7. The molecule has 238 valence electrons. The van der Waals surface area contributed by atoms with Gasteiger partial charge in [-0.25, -0.2) is 22.2 Å². The molecular formula is C29H32F4N4O7. The predicted molar refractivity (Wildman–Crippen MR) is 146 cm³/mol. The number of hydrogen-bond donors (Lipinski definition) is 3.